The van der Waals surface area contributed by atoms with Crippen molar-refractivity contribution in [3.05, 3.63) is 68.4 Å². The second-order valence-electron chi connectivity index (χ2n) is 4.26. The van der Waals surface area contributed by atoms with Crippen molar-refractivity contribution in [2.45, 2.75) is 6.54 Å². The van der Waals surface area contributed by atoms with Crippen molar-refractivity contribution in [2.75, 3.05) is 0 Å². The molecule has 2 aromatic rings. The van der Waals surface area contributed by atoms with Crippen LogP contribution in [-0.4, -0.2) is 5.91 Å². The Kier molecular flexibility index (Phi) is 4.94. The van der Waals surface area contributed by atoms with Gasteiger partial charge in [-0.25, -0.2) is 4.39 Å². The molecule has 0 heterocycles. The molecule has 0 aliphatic carbocycles. The van der Waals surface area contributed by atoms with E-state index in [2.05, 4.69) is 21.2 Å². The standard InChI is InChI=1S/C15H9BrClFN2O/c16-12-4-11(5-13(17)6-12)15(21)20-8-10-2-1-9(7-19)3-14(10)18/h1-6H,8H2,(H,20,21). The van der Waals surface area contributed by atoms with Crippen LogP contribution in [0.4, 0.5) is 4.39 Å². The van der Waals surface area contributed by atoms with Gasteiger partial charge in [-0.3, -0.25) is 4.79 Å². The largest absolute Gasteiger partial charge is 0.348 e. The van der Waals surface area contributed by atoms with Crippen LogP contribution in [0.5, 0.6) is 0 Å². The SMILES string of the molecule is N#Cc1ccc(CNC(=O)c2cc(Cl)cc(Br)c2)c(F)c1. The third kappa shape index (κ3) is 4.03. The first-order valence-electron chi connectivity index (χ1n) is 5.92. The molecule has 1 amide bonds. The van der Waals surface area contributed by atoms with Crippen LogP contribution in [0.2, 0.25) is 5.02 Å². The van der Waals surface area contributed by atoms with Crippen LogP contribution in [0.15, 0.2) is 40.9 Å². The summed E-state index contributed by atoms with van der Waals surface area (Å²) >= 11 is 9.12. The van der Waals surface area contributed by atoms with Crippen LogP contribution in [0.3, 0.4) is 0 Å². The van der Waals surface area contributed by atoms with E-state index >= 15 is 0 Å². The van der Waals surface area contributed by atoms with Crippen LogP contribution in [0.25, 0.3) is 0 Å². The molecule has 0 saturated heterocycles. The molecule has 0 fully saturated rings. The number of amides is 1. The van der Waals surface area contributed by atoms with Crippen molar-refractivity contribution in [1.82, 2.24) is 5.32 Å². The Bertz CT molecular complexity index is 723. The highest BCUT2D eigenvalue weighted by molar-refractivity contribution is 9.10. The Labute approximate surface area is 134 Å². The van der Waals surface area contributed by atoms with Gasteiger partial charge in [0.25, 0.3) is 5.91 Å². The van der Waals surface area contributed by atoms with E-state index in [1.165, 1.54) is 18.2 Å². The van der Waals surface area contributed by atoms with E-state index in [0.717, 1.165) is 6.07 Å². The van der Waals surface area contributed by atoms with Crippen LogP contribution < -0.4 is 5.32 Å². The van der Waals surface area contributed by atoms with Crippen LogP contribution in [-0.2, 0) is 6.54 Å². The molecule has 21 heavy (non-hydrogen) atoms. The van der Waals surface area contributed by atoms with Gasteiger partial charge in [-0.15, -0.1) is 0 Å². The molecule has 0 aromatic heterocycles. The first-order chi connectivity index (χ1) is 9.99. The van der Waals surface area contributed by atoms with Gasteiger partial charge in [0.15, 0.2) is 0 Å². The average Bonchev–Trinajstić information content (AvgIpc) is 2.44. The summed E-state index contributed by atoms with van der Waals surface area (Å²) in [5.41, 5.74) is 0.924. The molecule has 2 rings (SSSR count). The third-order valence-corrected chi connectivity index (χ3v) is 3.42. The van der Waals surface area contributed by atoms with Crippen LogP contribution >= 0.6 is 27.5 Å². The zero-order valence-electron chi connectivity index (χ0n) is 10.7. The van der Waals surface area contributed by atoms with Crippen molar-refractivity contribution in [1.29, 1.82) is 5.26 Å². The lowest BCUT2D eigenvalue weighted by Gasteiger charge is -2.07. The van der Waals surface area contributed by atoms with Gasteiger partial charge in [0.1, 0.15) is 5.82 Å². The molecule has 0 unspecified atom stereocenters. The Morgan fingerprint density at radius 2 is 2.10 bits per heavy atom. The second-order valence-corrected chi connectivity index (χ2v) is 5.61. The molecule has 3 nitrogen and oxygen atoms in total. The number of nitriles is 1. The molecule has 2 aromatic carbocycles. The minimum Gasteiger partial charge on any atom is -0.348 e. The highest BCUT2D eigenvalue weighted by Crippen LogP contribution is 2.19. The van der Waals surface area contributed by atoms with Gasteiger partial charge >= 0.3 is 0 Å². The number of nitrogens with zero attached hydrogens (tertiary/aromatic N) is 1. The van der Waals surface area contributed by atoms with Gasteiger partial charge in [-0.05, 0) is 30.3 Å². The van der Waals surface area contributed by atoms with E-state index in [-0.39, 0.29) is 18.0 Å². The average molecular weight is 368 g/mol. The predicted molar refractivity (Wildman–Crippen MR) is 81.4 cm³/mol. The number of nitrogens with one attached hydrogen (secondary N) is 1. The van der Waals surface area contributed by atoms with Crippen molar-refractivity contribution in [3.63, 3.8) is 0 Å². The monoisotopic (exact) mass is 366 g/mol. The van der Waals surface area contributed by atoms with Gasteiger partial charge in [0, 0.05) is 27.2 Å². The molecule has 106 valence electrons. The molecule has 0 aliphatic heterocycles. The molecule has 1 N–H and O–H groups in total. The minimum atomic E-state index is -0.526. The summed E-state index contributed by atoms with van der Waals surface area (Å²) < 4.78 is 14.4. The number of halogens is 3. The summed E-state index contributed by atoms with van der Waals surface area (Å²) in [5, 5.41) is 11.7. The summed E-state index contributed by atoms with van der Waals surface area (Å²) in [5.74, 6) is -0.886. The maximum absolute atomic E-state index is 13.7. The fourth-order valence-corrected chi connectivity index (χ4v) is 2.58. The zero-order chi connectivity index (χ0) is 15.4. The summed E-state index contributed by atoms with van der Waals surface area (Å²) in [6, 6.07) is 10.8. The van der Waals surface area contributed by atoms with E-state index in [0.29, 0.717) is 20.6 Å². The van der Waals surface area contributed by atoms with E-state index in [4.69, 9.17) is 16.9 Å². The molecular formula is C15H9BrClFN2O. The lowest BCUT2D eigenvalue weighted by Crippen LogP contribution is -2.23. The molecule has 0 atom stereocenters. The van der Waals surface area contributed by atoms with E-state index in [1.807, 2.05) is 6.07 Å². The summed E-state index contributed by atoms with van der Waals surface area (Å²) in [4.78, 5) is 12.0. The Morgan fingerprint density at radius 1 is 1.33 bits per heavy atom. The maximum Gasteiger partial charge on any atom is 0.251 e. The van der Waals surface area contributed by atoms with E-state index < -0.39 is 5.82 Å². The molecule has 0 saturated carbocycles. The lowest BCUT2D eigenvalue weighted by molar-refractivity contribution is 0.0950. The van der Waals surface area contributed by atoms with E-state index in [9.17, 15) is 9.18 Å². The number of rotatable bonds is 3. The van der Waals surface area contributed by atoms with Crippen molar-refractivity contribution >= 4 is 33.4 Å². The summed E-state index contributed by atoms with van der Waals surface area (Å²) in [7, 11) is 0. The van der Waals surface area contributed by atoms with Crippen molar-refractivity contribution in [3.8, 4) is 6.07 Å². The van der Waals surface area contributed by atoms with Crippen LogP contribution in [0.1, 0.15) is 21.5 Å². The molecule has 6 heteroatoms. The van der Waals surface area contributed by atoms with Gasteiger partial charge in [-0.1, -0.05) is 33.6 Å². The quantitative estimate of drug-likeness (QED) is 0.890. The first-order valence-corrected chi connectivity index (χ1v) is 7.09. The number of hydrogen-bond acceptors (Lipinski definition) is 2. The predicted octanol–water partition coefficient (Wildman–Crippen LogP) is 4.04. The van der Waals surface area contributed by atoms with Crippen molar-refractivity contribution in [2.24, 2.45) is 0 Å². The topological polar surface area (TPSA) is 52.9 Å². The molecular weight excluding hydrogens is 359 g/mol. The fraction of sp³-hybridized carbons (Fsp3) is 0.0667. The molecule has 0 radical (unpaired) electrons. The van der Waals surface area contributed by atoms with Gasteiger partial charge in [0.05, 0.1) is 11.6 Å². The maximum atomic E-state index is 13.7. The fourth-order valence-electron chi connectivity index (χ4n) is 1.72. The highest BCUT2D eigenvalue weighted by atomic mass is 79.9. The van der Waals surface area contributed by atoms with Crippen molar-refractivity contribution < 1.29 is 9.18 Å². The Balaban J connectivity index is 2.09. The van der Waals surface area contributed by atoms with Crippen LogP contribution in [0, 0.1) is 17.1 Å². The zero-order valence-corrected chi connectivity index (χ0v) is 13.0. The summed E-state index contributed by atoms with van der Waals surface area (Å²) in [6.45, 7) is 0.0283. The van der Waals surface area contributed by atoms with Gasteiger partial charge < -0.3 is 5.32 Å². The number of carbonyl (C=O) groups excluding carboxylic acids is 1. The third-order valence-electron chi connectivity index (χ3n) is 2.75. The second kappa shape index (κ2) is 6.70. The molecule has 0 spiro atoms. The lowest BCUT2D eigenvalue weighted by atomic mass is 10.1. The molecule has 0 aliphatic rings. The Morgan fingerprint density at radius 3 is 2.71 bits per heavy atom. The number of hydrogen-bond donors (Lipinski definition) is 1. The number of benzene rings is 2. The number of carbonyl (C=O) groups is 1. The van der Waals surface area contributed by atoms with E-state index in [1.54, 1.807) is 12.1 Å². The van der Waals surface area contributed by atoms with Gasteiger partial charge in [0.2, 0.25) is 0 Å². The summed E-state index contributed by atoms with van der Waals surface area (Å²) in [6.07, 6.45) is 0. The van der Waals surface area contributed by atoms with Gasteiger partial charge in [-0.2, -0.15) is 5.26 Å². The smallest absolute Gasteiger partial charge is 0.251 e. The first kappa shape index (κ1) is 15.5. The molecule has 0 bridgehead atoms. The Hall–Kier alpha value is -1.90. The normalized spacial score (nSPS) is 10.0. The minimum absolute atomic E-state index is 0.0283. The highest BCUT2D eigenvalue weighted by Gasteiger charge is 2.09.